The number of amides is 1. The van der Waals surface area contributed by atoms with Crippen LogP contribution in [0.3, 0.4) is 0 Å². The lowest BCUT2D eigenvalue weighted by Crippen LogP contribution is -2.44. The molecule has 0 aromatic heterocycles. The summed E-state index contributed by atoms with van der Waals surface area (Å²) >= 11 is 0. The molecule has 0 saturated carbocycles. The number of carbonyl (C=O) groups is 1. The normalized spacial score (nSPS) is 16.7. The second kappa shape index (κ2) is 8.28. The number of benzene rings is 2. The third-order valence-corrected chi connectivity index (χ3v) is 4.94. The minimum Gasteiger partial charge on any atom is -0.388 e. The molecule has 0 radical (unpaired) electrons. The Labute approximate surface area is 149 Å². The van der Waals surface area contributed by atoms with E-state index in [-0.39, 0.29) is 18.4 Å². The molecule has 1 aliphatic rings. The summed E-state index contributed by atoms with van der Waals surface area (Å²) in [5.41, 5.74) is 3.59. The van der Waals surface area contributed by atoms with Gasteiger partial charge in [-0.15, -0.1) is 0 Å². The molecule has 25 heavy (non-hydrogen) atoms. The Hall–Kier alpha value is -2.17. The van der Waals surface area contributed by atoms with Crippen LogP contribution in [0.4, 0.5) is 0 Å². The predicted octanol–water partition coefficient (Wildman–Crippen LogP) is 2.67. The zero-order valence-electron chi connectivity index (χ0n) is 14.7. The minimum absolute atomic E-state index is 0.0968. The van der Waals surface area contributed by atoms with Gasteiger partial charge in [0.2, 0.25) is 5.91 Å². The van der Waals surface area contributed by atoms with E-state index in [1.807, 2.05) is 30.3 Å². The van der Waals surface area contributed by atoms with Crippen LogP contribution in [0.25, 0.3) is 0 Å². The average molecular weight is 338 g/mol. The van der Waals surface area contributed by atoms with Crippen molar-refractivity contribution in [2.45, 2.75) is 38.5 Å². The third kappa shape index (κ3) is 4.68. The molecule has 3 rings (SSSR count). The molecule has 2 N–H and O–H groups in total. The summed E-state index contributed by atoms with van der Waals surface area (Å²) in [5.74, 6) is -0.111. The molecule has 2 atom stereocenters. The fourth-order valence-electron chi connectivity index (χ4n) is 3.33. The molecule has 2 unspecified atom stereocenters. The molecule has 1 amide bonds. The van der Waals surface area contributed by atoms with Crippen molar-refractivity contribution < 1.29 is 9.90 Å². The number of carbonyl (C=O) groups excluding carboxylic acids is 1. The van der Waals surface area contributed by atoms with Gasteiger partial charge in [-0.2, -0.15) is 0 Å². The smallest absolute Gasteiger partial charge is 0.223 e. The van der Waals surface area contributed by atoms with E-state index in [0.717, 1.165) is 25.1 Å². The molecule has 132 valence electrons. The monoisotopic (exact) mass is 338 g/mol. The fraction of sp³-hybridized carbons (Fsp3) is 0.381. The first-order valence-electron chi connectivity index (χ1n) is 8.94. The summed E-state index contributed by atoms with van der Waals surface area (Å²) in [6, 6.07) is 18.1. The lowest BCUT2D eigenvalue weighted by atomic mass is 9.99. The summed E-state index contributed by atoms with van der Waals surface area (Å²) in [7, 11) is 0. The van der Waals surface area contributed by atoms with Crippen molar-refractivity contribution in [3.63, 3.8) is 0 Å². The molecule has 0 fully saturated rings. The Morgan fingerprint density at radius 2 is 1.80 bits per heavy atom. The highest BCUT2D eigenvalue weighted by Crippen LogP contribution is 2.20. The number of fused-ring (bicyclic) bond motifs is 1. The molecule has 0 saturated heterocycles. The Kier molecular flexibility index (Phi) is 5.84. The van der Waals surface area contributed by atoms with E-state index >= 15 is 0 Å². The third-order valence-electron chi connectivity index (χ3n) is 4.94. The molecular formula is C21H26N2O2. The van der Waals surface area contributed by atoms with Crippen molar-refractivity contribution in [3.8, 4) is 0 Å². The number of hydrogen-bond acceptors (Lipinski definition) is 3. The summed E-state index contributed by atoms with van der Waals surface area (Å²) < 4.78 is 0. The molecule has 0 spiro atoms. The molecule has 0 bridgehead atoms. The average Bonchev–Trinajstić information content (AvgIpc) is 2.66. The van der Waals surface area contributed by atoms with Crippen LogP contribution in [0.2, 0.25) is 0 Å². The maximum atomic E-state index is 12.1. The van der Waals surface area contributed by atoms with Crippen molar-refractivity contribution in [3.05, 3.63) is 71.3 Å². The first-order chi connectivity index (χ1) is 12.1. The van der Waals surface area contributed by atoms with Crippen molar-refractivity contribution >= 4 is 5.91 Å². The Morgan fingerprint density at radius 1 is 1.12 bits per heavy atom. The van der Waals surface area contributed by atoms with Gasteiger partial charge in [0, 0.05) is 25.7 Å². The van der Waals surface area contributed by atoms with Gasteiger partial charge in [-0.25, -0.2) is 0 Å². The highest BCUT2D eigenvalue weighted by molar-refractivity contribution is 5.76. The SMILES string of the molecule is CC(CNC(=O)CC(O)c1ccccc1)N1CCc2ccccc2C1. The van der Waals surface area contributed by atoms with Crippen LogP contribution in [0, 0.1) is 0 Å². The van der Waals surface area contributed by atoms with Crippen molar-refractivity contribution in [2.24, 2.45) is 0 Å². The zero-order chi connectivity index (χ0) is 17.6. The van der Waals surface area contributed by atoms with E-state index in [9.17, 15) is 9.90 Å². The standard InChI is InChI=1S/C21H26N2O2/c1-16(23-12-11-17-7-5-6-10-19(17)15-23)14-22-21(25)13-20(24)18-8-3-2-4-9-18/h2-10,16,20,24H,11-15H2,1H3,(H,22,25). The lowest BCUT2D eigenvalue weighted by molar-refractivity contribution is -0.123. The van der Waals surface area contributed by atoms with Gasteiger partial charge in [-0.3, -0.25) is 9.69 Å². The topological polar surface area (TPSA) is 52.6 Å². The number of rotatable bonds is 6. The molecule has 1 aliphatic heterocycles. The Balaban J connectivity index is 1.46. The fourth-order valence-corrected chi connectivity index (χ4v) is 3.33. The zero-order valence-corrected chi connectivity index (χ0v) is 14.7. The van der Waals surface area contributed by atoms with E-state index in [1.54, 1.807) is 0 Å². The molecule has 4 heteroatoms. The van der Waals surface area contributed by atoms with Gasteiger partial charge in [0.1, 0.15) is 0 Å². The van der Waals surface area contributed by atoms with Crippen LogP contribution in [-0.4, -0.2) is 35.0 Å². The van der Waals surface area contributed by atoms with E-state index in [0.29, 0.717) is 6.54 Å². The summed E-state index contributed by atoms with van der Waals surface area (Å²) in [5, 5.41) is 13.1. The maximum Gasteiger partial charge on any atom is 0.223 e. The molecule has 2 aromatic rings. The molecule has 1 heterocycles. The minimum atomic E-state index is -0.752. The van der Waals surface area contributed by atoms with Gasteiger partial charge in [0.15, 0.2) is 0 Å². The molecule has 2 aromatic carbocycles. The van der Waals surface area contributed by atoms with Crippen LogP contribution in [0.5, 0.6) is 0 Å². The van der Waals surface area contributed by atoms with Gasteiger partial charge in [-0.05, 0) is 30.0 Å². The van der Waals surface area contributed by atoms with E-state index < -0.39 is 6.10 Å². The van der Waals surface area contributed by atoms with E-state index in [2.05, 4.69) is 41.4 Å². The first kappa shape index (κ1) is 17.6. The van der Waals surface area contributed by atoms with Crippen molar-refractivity contribution in [2.75, 3.05) is 13.1 Å². The molecule has 4 nitrogen and oxygen atoms in total. The number of hydrogen-bond donors (Lipinski definition) is 2. The Bertz CT molecular complexity index is 702. The second-order valence-corrected chi connectivity index (χ2v) is 6.77. The van der Waals surface area contributed by atoms with Gasteiger partial charge in [0.05, 0.1) is 12.5 Å². The van der Waals surface area contributed by atoms with Crippen LogP contribution < -0.4 is 5.32 Å². The van der Waals surface area contributed by atoms with Crippen LogP contribution in [-0.2, 0) is 17.8 Å². The summed E-state index contributed by atoms with van der Waals surface area (Å²) in [4.78, 5) is 14.5. The Morgan fingerprint density at radius 3 is 2.56 bits per heavy atom. The number of nitrogens with zero attached hydrogens (tertiary/aromatic N) is 1. The van der Waals surface area contributed by atoms with E-state index in [4.69, 9.17) is 0 Å². The highest BCUT2D eigenvalue weighted by atomic mass is 16.3. The van der Waals surface area contributed by atoms with Crippen LogP contribution in [0.15, 0.2) is 54.6 Å². The molecule has 0 aliphatic carbocycles. The van der Waals surface area contributed by atoms with Gasteiger partial charge in [-0.1, -0.05) is 54.6 Å². The maximum absolute atomic E-state index is 12.1. The summed E-state index contributed by atoms with van der Waals surface area (Å²) in [6.07, 6.45) is 0.402. The largest absolute Gasteiger partial charge is 0.388 e. The lowest BCUT2D eigenvalue weighted by Gasteiger charge is -2.33. The number of aliphatic hydroxyl groups is 1. The number of aliphatic hydroxyl groups excluding tert-OH is 1. The van der Waals surface area contributed by atoms with Crippen LogP contribution in [0.1, 0.15) is 36.1 Å². The molecular weight excluding hydrogens is 312 g/mol. The number of nitrogens with one attached hydrogen (secondary N) is 1. The van der Waals surface area contributed by atoms with Gasteiger partial charge < -0.3 is 10.4 Å². The van der Waals surface area contributed by atoms with Gasteiger partial charge in [0.25, 0.3) is 0 Å². The van der Waals surface area contributed by atoms with E-state index in [1.165, 1.54) is 11.1 Å². The first-order valence-corrected chi connectivity index (χ1v) is 8.94. The quantitative estimate of drug-likeness (QED) is 0.851. The second-order valence-electron chi connectivity index (χ2n) is 6.77. The van der Waals surface area contributed by atoms with Crippen molar-refractivity contribution in [1.82, 2.24) is 10.2 Å². The summed E-state index contributed by atoms with van der Waals surface area (Å²) in [6.45, 7) is 4.69. The predicted molar refractivity (Wildman–Crippen MR) is 99.0 cm³/mol. The van der Waals surface area contributed by atoms with Crippen molar-refractivity contribution in [1.29, 1.82) is 0 Å². The highest BCUT2D eigenvalue weighted by Gasteiger charge is 2.21. The van der Waals surface area contributed by atoms with Crippen LogP contribution >= 0.6 is 0 Å². The van der Waals surface area contributed by atoms with Gasteiger partial charge >= 0.3 is 0 Å².